The third-order valence-corrected chi connectivity index (χ3v) is 10.5. The maximum atomic E-state index is 15.3. The summed E-state index contributed by atoms with van der Waals surface area (Å²) < 4.78 is 80.0. The number of sulfone groups is 2. The third-order valence-electron chi connectivity index (χ3n) is 6.33. The van der Waals surface area contributed by atoms with Gasteiger partial charge in [-0.25, -0.2) is 30.8 Å². The van der Waals surface area contributed by atoms with Gasteiger partial charge in [0.05, 0.1) is 38.5 Å². The number of carbonyl (C=O) groups is 2. The van der Waals surface area contributed by atoms with E-state index in [1.165, 1.54) is 37.3 Å². The number of halogens is 2. The van der Waals surface area contributed by atoms with Crippen molar-refractivity contribution in [3.05, 3.63) is 80.7 Å². The predicted molar refractivity (Wildman–Crippen MR) is 128 cm³/mol. The average Bonchev–Trinajstić information content (AvgIpc) is 3.19. The minimum absolute atomic E-state index is 0.0239. The second-order valence-corrected chi connectivity index (χ2v) is 12.9. The summed E-state index contributed by atoms with van der Waals surface area (Å²) in [4.78, 5) is 23.9. The highest BCUT2D eigenvalue weighted by Gasteiger charge is 2.48. The van der Waals surface area contributed by atoms with E-state index in [1.807, 2.05) is 0 Å². The van der Waals surface area contributed by atoms with Crippen molar-refractivity contribution in [2.24, 2.45) is 0 Å². The molecule has 1 fully saturated rings. The van der Waals surface area contributed by atoms with Gasteiger partial charge >= 0.3 is 11.9 Å². The standard InChI is InChI=1S/C24H19ClFNO8S2/c1-12-19(24(29)35-16-9-10-34-23(16)28)21(20-13(25)5-4-6-14(20)26)22-15(27-12)11-36(30,31)17-7-2-3-8-18(17)37(22,32)33/h2-8,16,21,27H,9-11H2,1H3. The van der Waals surface area contributed by atoms with Gasteiger partial charge in [0.2, 0.25) is 15.9 Å². The number of ether oxygens (including phenoxy) is 2. The molecule has 0 radical (unpaired) electrons. The molecule has 0 aliphatic carbocycles. The Hall–Kier alpha value is -3.22. The molecule has 9 nitrogen and oxygen atoms in total. The van der Waals surface area contributed by atoms with Crippen LogP contribution in [0.3, 0.4) is 0 Å². The summed E-state index contributed by atoms with van der Waals surface area (Å²) in [5.41, 5.74) is -0.893. The van der Waals surface area contributed by atoms with Gasteiger partial charge in [-0.3, -0.25) is 0 Å². The van der Waals surface area contributed by atoms with Crippen LogP contribution in [-0.4, -0.2) is 47.2 Å². The number of hydrogen-bond donors (Lipinski definition) is 1. The second-order valence-electron chi connectivity index (χ2n) is 8.63. The lowest BCUT2D eigenvalue weighted by molar-refractivity contribution is -0.157. The molecular weight excluding hydrogens is 549 g/mol. The molecule has 2 atom stereocenters. The normalized spacial score (nSPS) is 23.9. The van der Waals surface area contributed by atoms with Gasteiger partial charge in [-0.05, 0) is 31.2 Å². The van der Waals surface area contributed by atoms with Crippen molar-refractivity contribution in [3.63, 3.8) is 0 Å². The zero-order chi connectivity index (χ0) is 26.7. The number of cyclic esters (lactones) is 1. The summed E-state index contributed by atoms with van der Waals surface area (Å²) in [6.07, 6.45) is -1.14. The van der Waals surface area contributed by atoms with E-state index in [-0.39, 0.29) is 40.6 Å². The van der Waals surface area contributed by atoms with Crippen LogP contribution < -0.4 is 5.32 Å². The van der Waals surface area contributed by atoms with E-state index < -0.39 is 69.9 Å². The third kappa shape index (κ3) is 4.12. The van der Waals surface area contributed by atoms with Crippen LogP contribution in [0.1, 0.15) is 24.8 Å². The van der Waals surface area contributed by atoms with E-state index in [0.29, 0.717) is 0 Å². The minimum atomic E-state index is -4.63. The lowest BCUT2D eigenvalue weighted by atomic mass is 9.86. The van der Waals surface area contributed by atoms with Crippen molar-refractivity contribution in [2.45, 2.75) is 35.2 Å². The first-order valence-electron chi connectivity index (χ1n) is 11.0. The van der Waals surface area contributed by atoms with E-state index >= 15 is 4.39 Å². The molecule has 0 amide bonds. The highest BCUT2D eigenvalue weighted by Crippen LogP contribution is 2.48. The lowest BCUT2D eigenvalue weighted by Gasteiger charge is -2.32. The number of rotatable bonds is 3. The molecule has 2 aromatic carbocycles. The largest absolute Gasteiger partial charge is 0.463 e. The van der Waals surface area contributed by atoms with Crippen LogP contribution in [0.2, 0.25) is 5.02 Å². The van der Waals surface area contributed by atoms with Gasteiger partial charge in [0.25, 0.3) is 0 Å². The van der Waals surface area contributed by atoms with Gasteiger partial charge in [-0.2, -0.15) is 0 Å². The molecule has 3 heterocycles. The number of esters is 2. The van der Waals surface area contributed by atoms with Crippen molar-refractivity contribution < 1.29 is 40.3 Å². The molecule has 0 saturated carbocycles. The predicted octanol–water partition coefficient (Wildman–Crippen LogP) is 2.77. The number of allylic oxidation sites excluding steroid dienone is 2. The topological polar surface area (TPSA) is 133 Å². The van der Waals surface area contributed by atoms with Crippen LogP contribution in [0, 0.1) is 5.82 Å². The molecule has 1 saturated heterocycles. The van der Waals surface area contributed by atoms with Crippen LogP contribution >= 0.6 is 11.6 Å². The van der Waals surface area contributed by atoms with Gasteiger partial charge < -0.3 is 14.8 Å². The summed E-state index contributed by atoms with van der Waals surface area (Å²) in [6.45, 7) is 1.43. The van der Waals surface area contributed by atoms with Crippen LogP contribution in [0.4, 0.5) is 4.39 Å². The quantitative estimate of drug-likeness (QED) is 0.556. The first-order valence-corrected chi connectivity index (χ1v) is 14.5. The van der Waals surface area contributed by atoms with Crippen molar-refractivity contribution in [1.82, 2.24) is 5.32 Å². The van der Waals surface area contributed by atoms with Crippen LogP contribution in [0.15, 0.2) is 74.1 Å². The molecule has 0 aromatic heterocycles. The van der Waals surface area contributed by atoms with E-state index in [0.717, 1.165) is 12.1 Å². The number of nitrogens with one attached hydrogen (secondary N) is 1. The van der Waals surface area contributed by atoms with Crippen LogP contribution in [0.25, 0.3) is 0 Å². The Balaban J connectivity index is 1.78. The van der Waals surface area contributed by atoms with E-state index in [2.05, 4.69) is 5.32 Å². The maximum absolute atomic E-state index is 15.3. The maximum Gasteiger partial charge on any atom is 0.347 e. The van der Waals surface area contributed by atoms with Gasteiger partial charge in [-0.15, -0.1) is 0 Å². The lowest BCUT2D eigenvalue weighted by Crippen LogP contribution is -2.35. The van der Waals surface area contributed by atoms with Crippen molar-refractivity contribution in [3.8, 4) is 0 Å². The molecule has 0 bridgehead atoms. The monoisotopic (exact) mass is 567 g/mol. The molecule has 3 aliphatic rings. The fourth-order valence-electron chi connectivity index (χ4n) is 4.73. The van der Waals surface area contributed by atoms with E-state index in [4.69, 9.17) is 21.1 Å². The smallest absolute Gasteiger partial charge is 0.347 e. The summed E-state index contributed by atoms with van der Waals surface area (Å²) in [6, 6.07) is 8.74. The highest BCUT2D eigenvalue weighted by molar-refractivity contribution is 7.97. The number of benzene rings is 2. The minimum Gasteiger partial charge on any atom is -0.463 e. The summed E-state index contributed by atoms with van der Waals surface area (Å²) in [5.74, 6) is -5.20. The van der Waals surface area contributed by atoms with Gasteiger partial charge in [0, 0.05) is 28.4 Å². The Morgan fingerprint density at radius 1 is 1.11 bits per heavy atom. The molecule has 5 rings (SSSR count). The molecule has 37 heavy (non-hydrogen) atoms. The molecule has 1 N–H and O–H groups in total. The summed E-state index contributed by atoms with van der Waals surface area (Å²) in [5, 5.41) is 2.54. The zero-order valence-corrected chi connectivity index (χ0v) is 21.5. The van der Waals surface area contributed by atoms with Crippen molar-refractivity contribution >= 4 is 43.2 Å². The first kappa shape index (κ1) is 25.4. The second kappa shape index (κ2) is 8.96. The Morgan fingerprint density at radius 2 is 1.81 bits per heavy atom. The van der Waals surface area contributed by atoms with Gasteiger partial charge in [0.15, 0.2) is 9.84 Å². The van der Waals surface area contributed by atoms with Crippen molar-refractivity contribution in [1.29, 1.82) is 0 Å². The summed E-state index contributed by atoms with van der Waals surface area (Å²) in [7, 11) is -8.79. The molecule has 13 heteroatoms. The number of dihydropyridines is 1. The number of hydrogen-bond acceptors (Lipinski definition) is 9. The SMILES string of the molecule is CC1=C(C(=O)OC2CCOC2=O)C(c2c(F)cccc2Cl)C2=C(CS(=O)(=O)c3ccccc3S2(=O)=O)N1. The fraction of sp³-hybridized carbons (Fsp3) is 0.250. The number of fused-ring (bicyclic) bond motifs is 1. The molecule has 3 aliphatic heterocycles. The molecule has 194 valence electrons. The van der Waals surface area contributed by atoms with Crippen LogP contribution in [-0.2, 0) is 38.7 Å². The van der Waals surface area contributed by atoms with E-state index in [9.17, 15) is 26.4 Å². The Morgan fingerprint density at radius 3 is 2.46 bits per heavy atom. The Bertz CT molecular complexity index is 1630. The van der Waals surface area contributed by atoms with Gasteiger partial charge in [0.1, 0.15) is 5.82 Å². The Labute approximate surface area is 216 Å². The Kier molecular flexibility index (Phi) is 6.16. The average molecular weight is 568 g/mol. The van der Waals surface area contributed by atoms with Gasteiger partial charge in [-0.1, -0.05) is 29.8 Å². The molecular formula is C24H19ClFNO8S2. The number of carbonyl (C=O) groups excluding carboxylic acids is 2. The highest BCUT2D eigenvalue weighted by atomic mass is 35.5. The zero-order valence-electron chi connectivity index (χ0n) is 19.2. The molecule has 2 unspecified atom stereocenters. The summed E-state index contributed by atoms with van der Waals surface area (Å²) >= 11 is 6.35. The molecule has 0 spiro atoms. The van der Waals surface area contributed by atoms with E-state index in [1.54, 1.807) is 0 Å². The first-order chi connectivity index (χ1) is 17.4. The molecule has 2 aromatic rings. The fourth-order valence-corrected chi connectivity index (χ4v) is 9.05. The van der Waals surface area contributed by atoms with Crippen molar-refractivity contribution in [2.75, 3.05) is 12.4 Å². The van der Waals surface area contributed by atoms with Crippen LogP contribution in [0.5, 0.6) is 0 Å².